The molecule has 1 aliphatic rings. The lowest BCUT2D eigenvalue weighted by atomic mass is 10.1. The Morgan fingerprint density at radius 1 is 0.926 bits per heavy atom. The number of unbranched alkanes of at least 4 members (excludes halogenated alkanes) is 1. The molecule has 0 saturated carbocycles. The first-order chi connectivity index (χ1) is 13.2. The Morgan fingerprint density at radius 2 is 1.63 bits per heavy atom. The van der Waals surface area contributed by atoms with Crippen molar-refractivity contribution in [3.63, 3.8) is 0 Å². The predicted molar refractivity (Wildman–Crippen MR) is 101 cm³/mol. The van der Waals surface area contributed by atoms with Crippen LogP contribution in [0, 0.1) is 6.92 Å². The predicted octanol–water partition coefficient (Wildman–Crippen LogP) is 3.33. The van der Waals surface area contributed by atoms with Crippen LogP contribution in [-0.2, 0) is 6.54 Å². The number of hydrogen-bond donors (Lipinski definition) is 0. The smallest absolute Gasteiger partial charge is 0.261 e. The van der Waals surface area contributed by atoms with Gasteiger partial charge in [-0.05, 0) is 44.0 Å². The van der Waals surface area contributed by atoms with Crippen molar-refractivity contribution in [1.29, 1.82) is 0 Å². The van der Waals surface area contributed by atoms with Crippen molar-refractivity contribution >= 4 is 11.8 Å². The van der Waals surface area contributed by atoms with E-state index in [9.17, 15) is 9.59 Å². The Hall–Kier alpha value is -3.28. The minimum Gasteiger partial charge on any atom is -0.330 e. The quantitative estimate of drug-likeness (QED) is 0.499. The number of hydrogen-bond acceptors (Lipinski definition) is 4. The molecule has 27 heavy (non-hydrogen) atoms. The topological polar surface area (TPSA) is 68.1 Å². The summed E-state index contributed by atoms with van der Waals surface area (Å²) >= 11 is 0. The molecule has 0 spiro atoms. The molecule has 0 N–H and O–H groups in total. The molecule has 0 radical (unpaired) electrons. The number of rotatable bonds is 6. The second-order valence-corrected chi connectivity index (χ2v) is 6.63. The van der Waals surface area contributed by atoms with Crippen LogP contribution in [0.1, 0.15) is 39.3 Å². The van der Waals surface area contributed by atoms with Crippen molar-refractivity contribution in [2.75, 3.05) is 6.54 Å². The molecule has 0 aliphatic carbocycles. The Balaban J connectivity index is 1.38. The number of aryl methyl sites for hydroxylation is 2. The normalized spacial score (nSPS) is 13.3. The summed E-state index contributed by atoms with van der Waals surface area (Å²) in [7, 11) is 0. The molecule has 6 nitrogen and oxygen atoms in total. The van der Waals surface area contributed by atoms with Crippen LogP contribution in [0.5, 0.6) is 0 Å². The summed E-state index contributed by atoms with van der Waals surface area (Å²) in [5, 5.41) is 0. The molecular weight excluding hydrogens is 340 g/mol. The second-order valence-electron chi connectivity index (χ2n) is 6.63. The number of pyridine rings is 1. The van der Waals surface area contributed by atoms with Gasteiger partial charge in [0, 0.05) is 31.0 Å². The van der Waals surface area contributed by atoms with Crippen LogP contribution < -0.4 is 0 Å². The van der Waals surface area contributed by atoms with E-state index in [1.165, 1.54) is 4.90 Å². The Bertz CT molecular complexity index is 959. The molecule has 0 saturated heterocycles. The Labute approximate surface area is 157 Å². The van der Waals surface area contributed by atoms with Gasteiger partial charge in [0.1, 0.15) is 0 Å². The molecule has 3 aromatic rings. The van der Waals surface area contributed by atoms with Gasteiger partial charge in [0.15, 0.2) is 0 Å². The zero-order valence-electron chi connectivity index (χ0n) is 15.1. The van der Waals surface area contributed by atoms with Gasteiger partial charge in [-0.25, -0.2) is 4.98 Å². The average molecular weight is 360 g/mol. The molecule has 6 heteroatoms. The van der Waals surface area contributed by atoms with Crippen molar-refractivity contribution in [1.82, 2.24) is 19.4 Å². The summed E-state index contributed by atoms with van der Waals surface area (Å²) in [4.78, 5) is 34.7. The lowest BCUT2D eigenvalue weighted by Crippen LogP contribution is -2.30. The fourth-order valence-electron chi connectivity index (χ4n) is 3.52. The molecule has 0 atom stereocenters. The van der Waals surface area contributed by atoms with Crippen LogP contribution in [0.3, 0.4) is 0 Å². The number of benzene rings is 1. The van der Waals surface area contributed by atoms with E-state index in [4.69, 9.17) is 0 Å². The van der Waals surface area contributed by atoms with Gasteiger partial charge in [-0.1, -0.05) is 12.1 Å². The minimum absolute atomic E-state index is 0.190. The Kier molecular flexibility index (Phi) is 4.54. The van der Waals surface area contributed by atoms with Crippen molar-refractivity contribution in [2.24, 2.45) is 0 Å². The van der Waals surface area contributed by atoms with E-state index in [1.807, 2.05) is 31.6 Å². The molecule has 136 valence electrons. The van der Waals surface area contributed by atoms with Crippen LogP contribution in [0.2, 0.25) is 0 Å². The zero-order chi connectivity index (χ0) is 18.8. The first kappa shape index (κ1) is 17.1. The summed E-state index contributed by atoms with van der Waals surface area (Å²) in [6.45, 7) is 3.19. The zero-order valence-corrected chi connectivity index (χ0v) is 15.1. The summed E-state index contributed by atoms with van der Waals surface area (Å²) in [6.07, 6.45) is 7.01. The molecule has 2 amide bonds. The molecule has 4 rings (SSSR count). The lowest BCUT2D eigenvalue weighted by molar-refractivity contribution is 0.0651. The SMILES string of the molecule is Cc1ncn(CCCCN2C(=O)c3ccccc3C2=O)c1-c1cccnc1. The van der Waals surface area contributed by atoms with Gasteiger partial charge in [0.25, 0.3) is 11.8 Å². The van der Waals surface area contributed by atoms with Gasteiger partial charge in [0.2, 0.25) is 0 Å². The molecule has 2 aromatic heterocycles. The molecule has 0 bridgehead atoms. The third kappa shape index (κ3) is 3.14. The largest absolute Gasteiger partial charge is 0.330 e. The van der Waals surface area contributed by atoms with E-state index >= 15 is 0 Å². The highest BCUT2D eigenvalue weighted by atomic mass is 16.2. The minimum atomic E-state index is -0.190. The van der Waals surface area contributed by atoms with Gasteiger partial charge in [-0.15, -0.1) is 0 Å². The molecule has 0 fully saturated rings. The van der Waals surface area contributed by atoms with E-state index in [1.54, 1.807) is 30.5 Å². The van der Waals surface area contributed by atoms with E-state index in [2.05, 4.69) is 14.5 Å². The first-order valence-corrected chi connectivity index (χ1v) is 9.04. The van der Waals surface area contributed by atoms with Crippen LogP contribution in [-0.4, -0.2) is 37.8 Å². The third-order valence-corrected chi connectivity index (χ3v) is 4.86. The number of fused-ring (bicyclic) bond motifs is 1. The van der Waals surface area contributed by atoms with Crippen LogP contribution in [0.15, 0.2) is 55.1 Å². The van der Waals surface area contributed by atoms with Crippen molar-refractivity contribution in [3.05, 3.63) is 71.9 Å². The number of nitrogens with zero attached hydrogens (tertiary/aromatic N) is 4. The fraction of sp³-hybridized carbons (Fsp3) is 0.238. The second kappa shape index (κ2) is 7.15. The van der Waals surface area contributed by atoms with E-state index in [0.717, 1.165) is 36.3 Å². The maximum atomic E-state index is 12.4. The molecule has 0 unspecified atom stereocenters. The van der Waals surface area contributed by atoms with E-state index in [0.29, 0.717) is 17.7 Å². The summed E-state index contributed by atoms with van der Waals surface area (Å²) < 4.78 is 2.11. The van der Waals surface area contributed by atoms with Crippen LogP contribution in [0.25, 0.3) is 11.3 Å². The van der Waals surface area contributed by atoms with Crippen molar-refractivity contribution in [3.8, 4) is 11.3 Å². The fourth-order valence-corrected chi connectivity index (χ4v) is 3.52. The van der Waals surface area contributed by atoms with Gasteiger partial charge >= 0.3 is 0 Å². The van der Waals surface area contributed by atoms with E-state index < -0.39 is 0 Å². The van der Waals surface area contributed by atoms with Gasteiger partial charge in [0.05, 0.1) is 28.8 Å². The van der Waals surface area contributed by atoms with Gasteiger partial charge in [-0.3, -0.25) is 19.5 Å². The van der Waals surface area contributed by atoms with Gasteiger partial charge in [-0.2, -0.15) is 0 Å². The maximum absolute atomic E-state index is 12.4. The molecule has 3 heterocycles. The van der Waals surface area contributed by atoms with Crippen molar-refractivity contribution in [2.45, 2.75) is 26.3 Å². The monoisotopic (exact) mass is 360 g/mol. The number of aromatic nitrogens is 3. The standard InChI is InChI=1S/C21H20N4O2/c1-15-19(16-7-6-10-22-13-16)24(14-23-15)11-4-5-12-25-20(26)17-8-2-3-9-18(17)21(25)27/h2-3,6-10,13-14H,4-5,11-12H2,1H3. The highest BCUT2D eigenvalue weighted by Gasteiger charge is 2.34. The number of carbonyl (C=O) groups is 2. The van der Waals surface area contributed by atoms with Crippen LogP contribution >= 0.6 is 0 Å². The van der Waals surface area contributed by atoms with Crippen molar-refractivity contribution < 1.29 is 9.59 Å². The summed E-state index contributed by atoms with van der Waals surface area (Å²) in [5.74, 6) is -0.379. The summed E-state index contributed by atoms with van der Waals surface area (Å²) in [6, 6.07) is 10.9. The molecule has 1 aromatic carbocycles. The number of imidazole rings is 1. The molecular formula is C21H20N4O2. The van der Waals surface area contributed by atoms with E-state index in [-0.39, 0.29) is 11.8 Å². The first-order valence-electron chi connectivity index (χ1n) is 9.04. The lowest BCUT2D eigenvalue weighted by Gasteiger charge is -2.14. The number of carbonyl (C=O) groups excluding carboxylic acids is 2. The third-order valence-electron chi connectivity index (χ3n) is 4.86. The molecule has 1 aliphatic heterocycles. The number of amides is 2. The summed E-state index contributed by atoms with van der Waals surface area (Å²) in [5.41, 5.74) is 4.07. The average Bonchev–Trinajstić information content (AvgIpc) is 3.18. The highest BCUT2D eigenvalue weighted by molar-refractivity contribution is 6.21. The Morgan fingerprint density at radius 3 is 2.30 bits per heavy atom. The number of imide groups is 1. The maximum Gasteiger partial charge on any atom is 0.261 e. The highest BCUT2D eigenvalue weighted by Crippen LogP contribution is 2.24. The van der Waals surface area contributed by atoms with Gasteiger partial charge < -0.3 is 4.57 Å². The van der Waals surface area contributed by atoms with Crippen LogP contribution in [0.4, 0.5) is 0 Å².